The Morgan fingerprint density at radius 2 is 1.74 bits per heavy atom. The van der Waals surface area contributed by atoms with Gasteiger partial charge in [-0.2, -0.15) is 4.31 Å². The number of halogens is 1. The number of methoxy groups -OCH3 is 2. The molecule has 0 bridgehead atoms. The number of rotatable bonds is 5. The Morgan fingerprint density at radius 1 is 1.22 bits per heavy atom. The lowest BCUT2D eigenvalue weighted by atomic mass is 9.99. The van der Waals surface area contributed by atoms with Gasteiger partial charge < -0.3 is 14.6 Å². The lowest BCUT2D eigenvalue weighted by Gasteiger charge is -2.29. The summed E-state index contributed by atoms with van der Waals surface area (Å²) in [6.07, 6.45) is 0.555. The topological polar surface area (TPSA) is 93.1 Å². The van der Waals surface area contributed by atoms with Crippen LogP contribution < -0.4 is 9.47 Å². The Kier molecular flexibility index (Phi) is 5.38. The van der Waals surface area contributed by atoms with Crippen LogP contribution in [0.5, 0.6) is 11.5 Å². The van der Waals surface area contributed by atoms with Gasteiger partial charge in [0.1, 0.15) is 4.90 Å². The molecule has 1 saturated heterocycles. The lowest BCUT2D eigenvalue weighted by molar-refractivity contribution is -0.142. The normalized spacial score (nSPS) is 17.0. The van der Waals surface area contributed by atoms with E-state index in [1.54, 1.807) is 0 Å². The second-order valence-electron chi connectivity index (χ2n) is 5.15. The smallest absolute Gasteiger partial charge is 0.306 e. The summed E-state index contributed by atoms with van der Waals surface area (Å²) in [6, 6.07) is 2.71. The number of carboxylic acids is 1. The minimum Gasteiger partial charge on any atom is -0.493 e. The lowest BCUT2D eigenvalue weighted by Crippen LogP contribution is -2.40. The molecule has 0 radical (unpaired) electrons. The molecule has 0 saturated carbocycles. The number of hydrogen-bond acceptors (Lipinski definition) is 5. The third-order valence-corrected chi connectivity index (χ3v) is 6.22. The van der Waals surface area contributed by atoms with E-state index < -0.39 is 21.9 Å². The molecule has 0 atom stereocenters. The molecule has 23 heavy (non-hydrogen) atoms. The maximum Gasteiger partial charge on any atom is 0.306 e. The average Bonchev–Trinajstić information content (AvgIpc) is 2.54. The molecule has 0 unspecified atom stereocenters. The van der Waals surface area contributed by atoms with E-state index in [2.05, 4.69) is 0 Å². The van der Waals surface area contributed by atoms with Crippen molar-refractivity contribution in [2.75, 3.05) is 27.3 Å². The molecule has 128 valence electrons. The first kappa shape index (κ1) is 17.8. The summed E-state index contributed by atoms with van der Waals surface area (Å²) in [6.45, 7) is 0.286. The highest BCUT2D eigenvalue weighted by Crippen LogP contribution is 2.37. The van der Waals surface area contributed by atoms with Crippen molar-refractivity contribution >= 4 is 27.6 Å². The van der Waals surface area contributed by atoms with Gasteiger partial charge in [0.15, 0.2) is 11.5 Å². The van der Waals surface area contributed by atoms with Crippen LogP contribution in [-0.4, -0.2) is 51.1 Å². The summed E-state index contributed by atoms with van der Waals surface area (Å²) in [7, 11) is -0.994. The summed E-state index contributed by atoms with van der Waals surface area (Å²) in [5, 5.41) is 9.03. The zero-order valence-corrected chi connectivity index (χ0v) is 14.4. The fourth-order valence-corrected chi connectivity index (χ4v) is 4.49. The van der Waals surface area contributed by atoms with Gasteiger partial charge in [-0.15, -0.1) is 0 Å². The van der Waals surface area contributed by atoms with E-state index >= 15 is 0 Å². The molecule has 1 aromatic carbocycles. The van der Waals surface area contributed by atoms with Crippen molar-refractivity contribution in [2.45, 2.75) is 17.7 Å². The number of ether oxygens (including phenoxy) is 2. The van der Waals surface area contributed by atoms with Gasteiger partial charge in [-0.3, -0.25) is 4.79 Å². The molecule has 0 aromatic heterocycles. The Bertz CT molecular complexity index is 697. The number of nitrogens with zero attached hydrogens (tertiary/aromatic N) is 1. The van der Waals surface area contributed by atoms with E-state index in [1.807, 2.05) is 0 Å². The first-order valence-corrected chi connectivity index (χ1v) is 8.77. The van der Waals surface area contributed by atoms with Crippen LogP contribution in [0.25, 0.3) is 0 Å². The van der Waals surface area contributed by atoms with Crippen molar-refractivity contribution < 1.29 is 27.8 Å². The maximum absolute atomic E-state index is 12.8. The van der Waals surface area contributed by atoms with Crippen LogP contribution in [0, 0.1) is 5.92 Å². The van der Waals surface area contributed by atoms with Gasteiger partial charge in [-0.05, 0) is 12.8 Å². The van der Waals surface area contributed by atoms with Crippen LogP contribution in [0.1, 0.15) is 12.8 Å². The van der Waals surface area contributed by atoms with E-state index in [9.17, 15) is 13.2 Å². The zero-order chi connectivity index (χ0) is 17.2. The molecule has 2 rings (SSSR count). The van der Waals surface area contributed by atoms with Crippen LogP contribution >= 0.6 is 11.6 Å². The molecular weight excluding hydrogens is 346 g/mol. The van der Waals surface area contributed by atoms with Crippen molar-refractivity contribution in [2.24, 2.45) is 5.92 Å². The molecule has 7 nitrogen and oxygen atoms in total. The largest absolute Gasteiger partial charge is 0.493 e. The Morgan fingerprint density at radius 3 is 2.22 bits per heavy atom. The molecule has 0 amide bonds. The number of sulfonamides is 1. The predicted octanol–water partition coefficient (Wildman–Crippen LogP) is 1.84. The van der Waals surface area contributed by atoms with Gasteiger partial charge in [0.2, 0.25) is 10.0 Å². The van der Waals surface area contributed by atoms with Gasteiger partial charge in [0.05, 0.1) is 25.2 Å². The average molecular weight is 364 g/mol. The Labute approximate surface area is 139 Å². The first-order chi connectivity index (χ1) is 10.8. The highest BCUT2D eigenvalue weighted by atomic mass is 35.5. The molecule has 1 aromatic rings. The van der Waals surface area contributed by atoms with Gasteiger partial charge in [0, 0.05) is 25.2 Å². The van der Waals surface area contributed by atoms with Crippen molar-refractivity contribution in [3.63, 3.8) is 0 Å². The van der Waals surface area contributed by atoms with Gasteiger partial charge in [0.25, 0.3) is 0 Å². The number of carbonyl (C=O) groups is 1. The van der Waals surface area contributed by atoms with E-state index in [4.69, 9.17) is 26.2 Å². The molecule has 0 spiro atoms. The summed E-state index contributed by atoms with van der Waals surface area (Å²) in [4.78, 5) is 10.9. The second-order valence-corrected chi connectivity index (χ2v) is 7.47. The Balaban J connectivity index is 2.32. The zero-order valence-electron chi connectivity index (χ0n) is 12.8. The van der Waals surface area contributed by atoms with Gasteiger partial charge >= 0.3 is 5.97 Å². The highest BCUT2D eigenvalue weighted by molar-refractivity contribution is 7.89. The predicted molar refractivity (Wildman–Crippen MR) is 83.7 cm³/mol. The third kappa shape index (κ3) is 3.54. The monoisotopic (exact) mass is 363 g/mol. The van der Waals surface area contributed by atoms with Crippen LogP contribution in [0.2, 0.25) is 5.02 Å². The Hall–Kier alpha value is -1.51. The summed E-state index contributed by atoms with van der Waals surface area (Å²) in [5.74, 6) is -0.814. The quantitative estimate of drug-likeness (QED) is 0.858. The SMILES string of the molecule is COc1cc(Cl)c(S(=O)(=O)N2CCC(C(=O)O)CC2)cc1OC. The second kappa shape index (κ2) is 6.94. The summed E-state index contributed by atoms with van der Waals surface area (Å²) >= 11 is 6.08. The van der Waals surface area contributed by atoms with Crippen LogP contribution in [0.15, 0.2) is 17.0 Å². The number of benzene rings is 1. The van der Waals surface area contributed by atoms with E-state index in [-0.39, 0.29) is 41.6 Å². The van der Waals surface area contributed by atoms with Crippen molar-refractivity contribution in [3.05, 3.63) is 17.2 Å². The van der Waals surface area contributed by atoms with E-state index in [0.29, 0.717) is 5.75 Å². The molecule has 0 aliphatic carbocycles. The number of carboxylic acid groups (broad SMARTS) is 1. The minimum absolute atomic E-state index is 0.0306. The fourth-order valence-electron chi connectivity index (χ4n) is 2.52. The molecular formula is C14H18ClNO6S. The third-order valence-electron chi connectivity index (χ3n) is 3.86. The number of hydrogen-bond donors (Lipinski definition) is 1. The van der Waals surface area contributed by atoms with Crippen molar-refractivity contribution in [1.82, 2.24) is 4.31 Å². The van der Waals surface area contributed by atoms with Crippen LogP contribution in [0.3, 0.4) is 0 Å². The standard InChI is InChI=1S/C14H18ClNO6S/c1-21-11-7-10(15)13(8-12(11)22-2)23(19,20)16-5-3-9(4-6-16)14(17)18/h7-9H,3-6H2,1-2H3,(H,17,18). The molecule has 1 aliphatic rings. The summed E-state index contributed by atoms with van der Waals surface area (Å²) < 4.78 is 37.0. The van der Waals surface area contributed by atoms with Crippen molar-refractivity contribution in [3.8, 4) is 11.5 Å². The molecule has 1 heterocycles. The van der Waals surface area contributed by atoms with Crippen molar-refractivity contribution in [1.29, 1.82) is 0 Å². The fraction of sp³-hybridized carbons (Fsp3) is 0.500. The number of aliphatic carboxylic acids is 1. The van der Waals surface area contributed by atoms with E-state index in [0.717, 1.165) is 0 Å². The molecule has 1 aliphatic heterocycles. The molecule has 1 fully saturated rings. The number of piperidine rings is 1. The van der Waals surface area contributed by atoms with Crippen LogP contribution in [-0.2, 0) is 14.8 Å². The molecule has 1 N–H and O–H groups in total. The van der Waals surface area contributed by atoms with E-state index in [1.165, 1.54) is 30.7 Å². The van der Waals surface area contributed by atoms with Gasteiger partial charge in [-0.25, -0.2) is 8.42 Å². The molecule has 9 heteroatoms. The van der Waals surface area contributed by atoms with Gasteiger partial charge in [-0.1, -0.05) is 11.6 Å². The maximum atomic E-state index is 12.8. The summed E-state index contributed by atoms with van der Waals surface area (Å²) in [5.41, 5.74) is 0. The van der Waals surface area contributed by atoms with Crippen LogP contribution in [0.4, 0.5) is 0 Å². The minimum atomic E-state index is -3.83. The highest BCUT2D eigenvalue weighted by Gasteiger charge is 2.33. The first-order valence-electron chi connectivity index (χ1n) is 6.95.